The summed E-state index contributed by atoms with van der Waals surface area (Å²) in [5.74, 6) is 11.3. The molecule has 0 heterocycles. The van der Waals surface area contributed by atoms with Crippen LogP contribution in [0.3, 0.4) is 0 Å². The predicted octanol–water partition coefficient (Wildman–Crippen LogP) is 4.66. The maximum absolute atomic E-state index is 11.5. The van der Waals surface area contributed by atoms with Gasteiger partial charge in [0.05, 0.1) is 25.9 Å². The molecule has 2 aromatic carbocycles. The molecule has 0 unspecified atom stereocenters. The molecule has 0 N–H and O–H groups in total. The zero-order chi connectivity index (χ0) is 27.8. The smallest absolute Gasteiger partial charge is 0.311 e. The van der Waals surface area contributed by atoms with Crippen molar-refractivity contribution in [1.29, 1.82) is 0 Å². The molecular weight excluding hydrogens is 512 g/mol. The van der Waals surface area contributed by atoms with Crippen LogP contribution >= 0.6 is 12.4 Å². The number of carbonyl (C=O) groups is 2. The van der Waals surface area contributed by atoms with Gasteiger partial charge in [-0.3, -0.25) is 19.4 Å². The Morgan fingerprint density at radius 2 is 0.923 bits per heavy atom. The number of carbonyl (C=O) groups excluding carboxylic acids is 2. The second kappa shape index (κ2) is 23.8. The van der Waals surface area contributed by atoms with E-state index in [1.54, 1.807) is 0 Å². The highest BCUT2D eigenvalue weighted by Crippen LogP contribution is 2.01. The third kappa shape index (κ3) is 18.6. The maximum Gasteiger partial charge on any atom is 0.311 e. The van der Waals surface area contributed by atoms with E-state index in [4.69, 9.17) is 9.47 Å². The van der Waals surface area contributed by atoms with Gasteiger partial charge in [0.2, 0.25) is 0 Å². The van der Waals surface area contributed by atoms with Crippen molar-refractivity contribution in [2.45, 2.75) is 40.5 Å². The lowest BCUT2D eigenvalue weighted by Gasteiger charge is -2.13. The fourth-order valence-corrected chi connectivity index (χ4v) is 3.19. The van der Waals surface area contributed by atoms with Gasteiger partial charge in [0.25, 0.3) is 0 Å². The topological polar surface area (TPSA) is 59.1 Å². The molecule has 0 aliphatic heterocycles. The van der Waals surface area contributed by atoms with Crippen LogP contribution < -0.4 is 0 Å². The molecule has 0 bridgehead atoms. The molecule has 0 aliphatic rings. The standard InChI is InChI=1S/2C16H21NO2.ClH/c2*1-3-17(4-2)12-8-9-13-19-16(18)14-15-10-6-5-7-11-15;/h2*5-7,10-11H,3-4,12-14H2,1-2H3;1H. The molecule has 6 nitrogen and oxygen atoms in total. The Hall–Kier alpha value is -3.29. The summed E-state index contributed by atoms with van der Waals surface area (Å²) in [4.78, 5) is 27.5. The molecule has 0 atom stereocenters. The molecule has 212 valence electrons. The minimum absolute atomic E-state index is 0. The average Bonchev–Trinajstić information content (AvgIpc) is 2.94. The van der Waals surface area contributed by atoms with Gasteiger partial charge < -0.3 is 9.47 Å². The second-order valence-electron chi connectivity index (χ2n) is 8.28. The van der Waals surface area contributed by atoms with Crippen molar-refractivity contribution in [3.05, 3.63) is 71.8 Å². The predicted molar refractivity (Wildman–Crippen MR) is 161 cm³/mol. The van der Waals surface area contributed by atoms with E-state index >= 15 is 0 Å². The van der Waals surface area contributed by atoms with Crippen molar-refractivity contribution in [2.75, 3.05) is 52.5 Å². The third-order valence-electron chi connectivity index (χ3n) is 5.64. The van der Waals surface area contributed by atoms with Crippen LogP contribution in [0.4, 0.5) is 0 Å². The number of esters is 2. The van der Waals surface area contributed by atoms with Crippen LogP contribution in [-0.4, -0.2) is 74.2 Å². The van der Waals surface area contributed by atoms with Crippen LogP contribution in [0.1, 0.15) is 38.8 Å². The molecule has 0 amide bonds. The van der Waals surface area contributed by atoms with Crippen LogP contribution in [0, 0.1) is 23.7 Å². The normalized spacial score (nSPS) is 9.59. The Labute approximate surface area is 241 Å². The molecule has 0 fully saturated rings. The van der Waals surface area contributed by atoms with Gasteiger partial charge in [0.1, 0.15) is 0 Å². The van der Waals surface area contributed by atoms with E-state index in [2.05, 4.69) is 61.2 Å². The minimum atomic E-state index is -0.233. The van der Waals surface area contributed by atoms with Crippen LogP contribution in [0.15, 0.2) is 60.7 Å². The summed E-state index contributed by atoms with van der Waals surface area (Å²) < 4.78 is 10.1. The van der Waals surface area contributed by atoms with E-state index in [0.717, 1.165) is 50.4 Å². The summed E-state index contributed by atoms with van der Waals surface area (Å²) in [6.07, 6.45) is 0.608. The lowest BCUT2D eigenvalue weighted by molar-refractivity contribution is -0.142. The first kappa shape index (κ1) is 35.7. The summed E-state index contributed by atoms with van der Waals surface area (Å²) in [6, 6.07) is 19.1. The highest BCUT2D eigenvalue weighted by Gasteiger charge is 2.03. The van der Waals surface area contributed by atoms with E-state index in [1.165, 1.54) is 0 Å². The number of ether oxygens (including phenoxy) is 2. The molecular formula is C32H43ClN2O4. The Kier molecular flexibility index (Phi) is 21.8. The summed E-state index contributed by atoms with van der Waals surface area (Å²) in [6.45, 7) is 14.1. The van der Waals surface area contributed by atoms with Crippen molar-refractivity contribution in [2.24, 2.45) is 0 Å². The third-order valence-corrected chi connectivity index (χ3v) is 5.64. The largest absolute Gasteiger partial charge is 0.452 e. The number of rotatable bonds is 12. The van der Waals surface area contributed by atoms with Gasteiger partial charge in [-0.05, 0) is 37.3 Å². The first-order valence-corrected chi connectivity index (χ1v) is 13.3. The average molecular weight is 555 g/mol. The Balaban J connectivity index is 0.000000722. The molecule has 2 rings (SSSR count). The van der Waals surface area contributed by atoms with Crippen molar-refractivity contribution >= 4 is 24.3 Å². The fraction of sp³-hybridized carbons (Fsp3) is 0.438. The number of hydrogen-bond acceptors (Lipinski definition) is 6. The van der Waals surface area contributed by atoms with E-state index in [1.807, 2.05) is 60.7 Å². The number of halogens is 1. The zero-order valence-corrected chi connectivity index (χ0v) is 24.6. The molecule has 0 radical (unpaired) electrons. The quantitative estimate of drug-likeness (QED) is 0.281. The molecule has 7 heteroatoms. The summed E-state index contributed by atoms with van der Waals surface area (Å²) in [5, 5.41) is 0. The highest BCUT2D eigenvalue weighted by atomic mass is 35.5. The highest BCUT2D eigenvalue weighted by molar-refractivity contribution is 5.85. The summed E-state index contributed by atoms with van der Waals surface area (Å²) >= 11 is 0. The van der Waals surface area contributed by atoms with Crippen molar-refractivity contribution in [1.82, 2.24) is 9.80 Å². The summed E-state index contributed by atoms with van der Waals surface area (Å²) in [5.41, 5.74) is 1.92. The molecule has 2 aromatic rings. The van der Waals surface area contributed by atoms with E-state index in [-0.39, 0.29) is 37.6 Å². The van der Waals surface area contributed by atoms with Crippen molar-refractivity contribution in [3.8, 4) is 23.7 Å². The van der Waals surface area contributed by atoms with Gasteiger partial charge >= 0.3 is 11.9 Å². The first-order valence-electron chi connectivity index (χ1n) is 13.3. The van der Waals surface area contributed by atoms with E-state index in [0.29, 0.717) is 12.8 Å². The van der Waals surface area contributed by atoms with E-state index in [9.17, 15) is 9.59 Å². The monoisotopic (exact) mass is 554 g/mol. The fourth-order valence-electron chi connectivity index (χ4n) is 3.19. The van der Waals surface area contributed by atoms with Crippen LogP contribution in [-0.2, 0) is 31.9 Å². The van der Waals surface area contributed by atoms with Gasteiger partial charge in [0.15, 0.2) is 13.2 Å². The first-order chi connectivity index (χ1) is 18.5. The molecule has 39 heavy (non-hydrogen) atoms. The maximum atomic E-state index is 11.5. The minimum Gasteiger partial charge on any atom is -0.452 e. The van der Waals surface area contributed by atoms with Crippen LogP contribution in [0.2, 0.25) is 0 Å². The van der Waals surface area contributed by atoms with Crippen molar-refractivity contribution < 1.29 is 19.1 Å². The van der Waals surface area contributed by atoms with Gasteiger partial charge in [-0.2, -0.15) is 0 Å². The second-order valence-corrected chi connectivity index (χ2v) is 8.28. The SMILES string of the molecule is CCN(CC)CC#CCOC(=O)Cc1ccccc1.CCN(CC)CC#CCOC(=O)Cc1ccccc1.Cl. The van der Waals surface area contributed by atoms with Gasteiger partial charge in [-0.25, -0.2) is 0 Å². The Morgan fingerprint density at radius 3 is 1.23 bits per heavy atom. The van der Waals surface area contributed by atoms with E-state index < -0.39 is 0 Å². The molecule has 0 saturated heterocycles. The lowest BCUT2D eigenvalue weighted by Crippen LogP contribution is -2.23. The van der Waals surface area contributed by atoms with Gasteiger partial charge in [-0.15, -0.1) is 12.4 Å². The molecule has 0 aromatic heterocycles. The molecule has 0 aliphatic carbocycles. The Bertz CT molecular complexity index is 946. The zero-order valence-electron chi connectivity index (χ0n) is 23.8. The van der Waals surface area contributed by atoms with Crippen LogP contribution in [0.5, 0.6) is 0 Å². The van der Waals surface area contributed by atoms with Gasteiger partial charge in [-0.1, -0.05) is 112 Å². The lowest BCUT2D eigenvalue weighted by atomic mass is 10.2. The number of nitrogens with zero attached hydrogens (tertiary/aromatic N) is 2. The Morgan fingerprint density at radius 1 is 0.590 bits per heavy atom. The van der Waals surface area contributed by atoms with Gasteiger partial charge in [0, 0.05) is 0 Å². The molecule has 0 spiro atoms. The van der Waals surface area contributed by atoms with Crippen LogP contribution in [0.25, 0.3) is 0 Å². The number of hydrogen-bond donors (Lipinski definition) is 0. The van der Waals surface area contributed by atoms with Crippen molar-refractivity contribution in [3.63, 3.8) is 0 Å². The molecule has 0 saturated carbocycles. The number of benzene rings is 2. The summed E-state index contributed by atoms with van der Waals surface area (Å²) in [7, 11) is 0.